The normalized spacial score (nSPS) is 20.8. The van der Waals surface area contributed by atoms with Gasteiger partial charge in [0.05, 0.1) is 5.69 Å². The second kappa shape index (κ2) is 4.84. The van der Waals surface area contributed by atoms with Crippen LogP contribution in [-0.4, -0.2) is 48.3 Å². The molecule has 1 saturated heterocycles. The second-order valence-corrected chi connectivity index (χ2v) is 6.38. The van der Waals surface area contributed by atoms with Crippen molar-refractivity contribution in [2.24, 2.45) is 0 Å². The van der Waals surface area contributed by atoms with E-state index >= 15 is 0 Å². The summed E-state index contributed by atoms with van der Waals surface area (Å²) in [5.74, 6) is 1.01. The fraction of sp³-hybridized carbons (Fsp3) is 0.714. The number of anilines is 1. The third-order valence-electron chi connectivity index (χ3n) is 3.64. The molecule has 0 spiro atoms. The van der Waals surface area contributed by atoms with Gasteiger partial charge in [-0.15, -0.1) is 5.10 Å². The number of nitrogens with zero attached hydrogens (tertiary/aromatic N) is 4. The van der Waals surface area contributed by atoms with E-state index in [9.17, 15) is 0 Å². The third-order valence-corrected chi connectivity index (χ3v) is 3.64. The zero-order chi connectivity index (χ0) is 13.3. The summed E-state index contributed by atoms with van der Waals surface area (Å²) in [4.78, 5) is 4.61. The van der Waals surface area contributed by atoms with Gasteiger partial charge >= 0.3 is 0 Å². The van der Waals surface area contributed by atoms with Gasteiger partial charge in [-0.25, -0.2) is 0 Å². The summed E-state index contributed by atoms with van der Waals surface area (Å²) in [6.45, 7) is 8.61. The molecule has 1 aromatic heterocycles. The number of aromatic nitrogens is 2. The highest BCUT2D eigenvalue weighted by molar-refractivity contribution is 5.39. The summed E-state index contributed by atoms with van der Waals surface area (Å²) >= 11 is 0. The van der Waals surface area contributed by atoms with Crippen LogP contribution in [0.15, 0.2) is 12.1 Å². The summed E-state index contributed by atoms with van der Waals surface area (Å²) < 4.78 is 0. The molecule has 0 N–H and O–H groups in total. The predicted octanol–water partition coefficient (Wildman–Crippen LogP) is 1.91. The average Bonchev–Trinajstić information content (AvgIpc) is 2.77. The minimum Gasteiger partial charge on any atom is -0.354 e. The molecule has 0 saturated carbocycles. The van der Waals surface area contributed by atoms with Gasteiger partial charge in [-0.1, -0.05) is 20.8 Å². The Balaban J connectivity index is 2.07. The molecule has 1 aromatic rings. The van der Waals surface area contributed by atoms with E-state index in [2.05, 4.69) is 67.0 Å². The maximum atomic E-state index is 4.38. The van der Waals surface area contributed by atoms with Crippen molar-refractivity contribution < 1.29 is 0 Å². The molecule has 18 heavy (non-hydrogen) atoms. The molecule has 1 aliphatic rings. The minimum absolute atomic E-state index is 0.0721. The van der Waals surface area contributed by atoms with Gasteiger partial charge in [0.2, 0.25) is 0 Å². The lowest BCUT2D eigenvalue weighted by molar-refractivity contribution is 0.315. The summed E-state index contributed by atoms with van der Waals surface area (Å²) in [5, 5.41) is 8.74. The monoisotopic (exact) mass is 248 g/mol. The Kier molecular flexibility index (Phi) is 3.57. The van der Waals surface area contributed by atoms with Crippen molar-refractivity contribution in [3.63, 3.8) is 0 Å². The van der Waals surface area contributed by atoms with E-state index in [0.717, 1.165) is 24.6 Å². The molecule has 0 bridgehead atoms. The van der Waals surface area contributed by atoms with Crippen LogP contribution in [-0.2, 0) is 5.41 Å². The highest BCUT2D eigenvalue weighted by Crippen LogP contribution is 2.23. The van der Waals surface area contributed by atoms with E-state index in [1.165, 1.54) is 6.42 Å². The Labute approximate surface area is 110 Å². The van der Waals surface area contributed by atoms with Crippen LogP contribution in [0.25, 0.3) is 0 Å². The van der Waals surface area contributed by atoms with Crippen molar-refractivity contribution in [1.29, 1.82) is 0 Å². The molecule has 2 rings (SSSR count). The zero-order valence-corrected chi connectivity index (χ0v) is 12.1. The van der Waals surface area contributed by atoms with Gasteiger partial charge in [0.1, 0.15) is 0 Å². The van der Waals surface area contributed by atoms with E-state index in [0.29, 0.717) is 6.04 Å². The van der Waals surface area contributed by atoms with Crippen LogP contribution >= 0.6 is 0 Å². The summed E-state index contributed by atoms with van der Waals surface area (Å²) in [6, 6.07) is 4.84. The van der Waals surface area contributed by atoms with Crippen molar-refractivity contribution in [3.8, 4) is 0 Å². The molecule has 1 fully saturated rings. The Morgan fingerprint density at radius 2 is 1.94 bits per heavy atom. The maximum absolute atomic E-state index is 4.38. The van der Waals surface area contributed by atoms with Crippen molar-refractivity contribution in [1.82, 2.24) is 15.1 Å². The Morgan fingerprint density at radius 1 is 1.22 bits per heavy atom. The predicted molar refractivity (Wildman–Crippen MR) is 75.0 cm³/mol. The lowest BCUT2D eigenvalue weighted by Gasteiger charge is -2.22. The van der Waals surface area contributed by atoms with E-state index < -0.39 is 0 Å². The van der Waals surface area contributed by atoms with Crippen LogP contribution in [0.3, 0.4) is 0 Å². The summed E-state index contributed by atoms with van der Waals surface area (Å²) in [6.07, 6.45) is 1.20. The van der Waals surface area contributed by atoms with Crippen LogP contribution in [0.1, 0.15) is 32.9 Å². The van der Waals surface area contributed by atoms with Gasteiger partial charge in [0.25, 0.3) is 0 Å². The van der Waals surface area contributed by atoms with Crippen LogP contribution in [0.5, 0.6) is 0 Å². The van der Waals surface area contributed by atoms with Crippen LogP contribution < -0.4 is 4.90 Å². The fourth-order valence-corrected chi connectivity index (χ4v) is 2.27. The summed E-state index contributed by atoms with van der Waals surface area (Å²) in [5.41, 5.74) is 1.12. The Bertz CT molecular complexity index is 391. The molecule has 1 aliphatic heterocycles. The van der Waals surface area contributed by atoms with Crippen molar-refractivity contribution in [2.75, 3.05) is 32.1 Å². The van der Waals surface area contributed by atoms with E-state index in [1.807, 2.05) is 0 Å². The highest BCUT2D eigenvalue weighted by atomic mass is 15.3. The van der Waals surface area contributed by atoms with Crippen molar-refractivity contribution in [3.05, 3.63) is 17.8 Å². The van der Waals surface area contributed by atoms with Crippen LogP contribution in [0.4, 0.5) is 5.82 Å². The minimum atomic E-state index is 0.0721. The molecule has 2 heterocycles. The summed E-state index contributed by atoms with van der Waals surface area (Å²) in [7, 11) is 4.28. The largest absolute Gasteiger partial charge is 0.354 e. The number of hydrogen-bond acceptors (Lipinski definition) is 4. The van der Waals surface area contributed by atoms with E-state index in [-0.39, 0.29) is 5.41 Å². The first-order valence-corrected chi connectivity index (χ1v) is 6.63. The van der Waals surface area contributed by atoms with Crippen molar-refractivity contribution in [2.45, 2.75) is 38.6 Å². The van der Waals surface area contributed by atoms with Gasteiger partial charge in [-0.2, -0.15) is 5.10 Å². The lowest BCUT2D eigenvalue weighted by Crippen LogP contribution is -2.31. The first kappa shape index (κ1) is 13.3. The van der Waals surface area contributed by atoms with E-state index in [1.54, 1.807) is 0 Å². The molecular formula is C14H24N4. The molecule has 0 amide bonds. The van der Waals surface area contributed by atoms with Crippen LogP contribution in [0, 0.1) is 0 Å². The van der Waals surface area contributed by atoms with Gasteiger partial charge in [-0.05, 0) is 32.6 Å². The molecule has 4 heteroatoms. The molecule has 0 radical (unpaired) electrons. The molecule has 1 unspecified atom stereocenters. The van der Waals surface area contributed by atoms with Gasteiger partial charge in [0.15, 0.2) is 5.82 Å². The zero-order valence-electron chi connectivity index (χ0n) is 12.1. The Morgan fingerprint density at radius 3 is 2.39 bits per heavy atom. The highest BCUT2D eigenvalue weighted by Gasteiger charge is 2.25. The molecular weight excluding hydrogens is 224 g/mol. The van der Waals surface area contributed by atoms with Crippen LogP contribution in [0.2, 0.25) is 0 Å². The molecule has 4 nitrogen and oxygen atoms in total. The number of likely N-dealkylation sites (N-methyl/N-ethyl adjacent to an activating group) is 1. The second-order valence-electron chi connectivity index (χ2n) is 6.38. The number of rotatable bonds is 2. The van der Waals surface area contributed by atoms with Gasteiger partial charge in [-0.3, -0.25) is 0 Å². The Hall–Kier alpha value is -1.16. The average molecular weight is 248 g/mol. The SMILES string of the molecule is CN(C)C1CCN(c2ccc(C(C)(C)C)nn2)C1. The fourth-order valence-electron chi connectivity index (χ4n) is 2.27. The van der Waals surface area contributed by atoms with Gasteiger partial charge < -0.3 is 9.80 Å². The maximum Gasteiger partial charge on any atom is 0.151 e. The molecule has 100 valence electrons. The third kappa shape index (κ3) is 2.80. The lowest BCUT2D eigenvalue weighted by atomic mass is 9.92. The first-order valence-electron chi connectivity index (χ1n) is 6.63. The quantitative estimate of drug-likeness (QED) is 0.800. The number of hydrogen-bond donors (Lipinski definition) is 0. The first-order chi connectivity index (χ1) is 8.38. The molecule has 0 aliphatic carbocycles. The van der Waals surface area contributed by atoms with Gasteiger partial charge in [0, 0.05) is 24.5 Å². The smallest absolute Gasteiger partial charge is 0.151 e. The van der Waals surface area contributed by atoms with E-state index in [4.69, 9.17) is 0 Å². The standard InChI is InChI=1S/C14H24N4/c1-14(2,3)12-6-7-13(16-15-12)18-9-8-11(10-18)17(4)5/h6-7,11H,8-10H2,1-5H3. The van der Waals surface area contributed by atoms with Crippen molar-refractivity contribution >= 4 is 5.82 Å². The topological polar surface area (TPSA) is 32.3 Å². The molecule has 1 atom stereocenters. The molecule has 0 aromatic carbocycles.